The minimum atomic E-state index is -0.360. The number of rotatable bonds is 18. The van der Waals surface area contributed by atoms with Crippen LogP contribution in [0.4, 0.5) is 11.4 Å². The van der Waals surface area contributed by atoms with E-state index < -0.39 is 0 Å². The van der Waals surface area contributed by atoms with Gasteiger partial charge < -0.3 is 10.2 Å². The Bertz CT molecular complexity index is 1210. The summed E-state index contributed by atoms with van der Waals surface area (Å²) in [5.74, 6) is -0.643. The number of hydrogen-bond acceptors (Lipinski definition) is 4. The largest absolute Gasteiger partial charge is 2.00 e. The molecule has 0 unspecified atom stereocenters. The second-order valence-corrected chi connectivity index (χ2v) is 11.3. The van der Waals surface area contributed by atoms with Gasteiger partial charge in [-0.3, -0.25) is 9.98 Å². The Morgan fingerprint density at radius 2 is 1.02 bits per heavy atom. The van der Waals surface area contributed by atoms with Crippen molar-refractivity contribution < 1.29 is 26.7 Å². The summed E-state index contributed by atoms with van der Waals surface area (Å²) in [5.41, 5.74) is 6.20. The number of para-hydroxylation sites is 2. The zero-order valence-corrected chi connectivity index (χ0v) is 28.5. The summed E-state index contributed by atoms with van der Waals surface area (Å²) in [6.45, 7) is 8.68. The second-order valence-electron chi connectivity index (χ2n) is 11.3. The Balaban J connectivity index is 0.000000513. The third-order valence-corrected chi connectivity index (χ3v) is 7.53. The Hall–Kier alpha value is -2.91. The molecule has 0 saturated heterocycles. The molecular weight excluding hydrogens is 587 g/mol. The number of nitrogens with zero attached hydrogens (tertiary/aromatic N) is 2. The fraction of sp³-hybridized carbons (Fsp3) is 0.487. The third kappa shape index (κ3) is 15.2. The van der Waals surface area contributed by atoms with Gasteiger partial charge in [0.15, 0.2) is 0 Å². The van der Waals surface area contributed by atoms with E-state index in [1.54, 1.807) is 0 Å². The summed E-state index contributed by atoms with van der Waals surface area (Å²) in [7, 11) is 0. The molecule has 0 fully saturated rings. The number of unbranched alkanes of at least 4 members (excludes halogenated alkanes) is 7. The van der Waals surface area contributed by atoms with Gasteiger partial charge >= 0.3 is 16.5 Å². The molecule has 0 aliphatic rings. The van der Waals surface area contributed by atoms with Crippen molar-refractivity contribution in [1.29, 1.82) is 0 Å². The van der Waals surface area contributed by atoms with Crippen LogP contribution in [0, 0.1) is 0 Å². The first kappa shape index (κ1) is 39.1. The van der Waals surface area contributed by atoms with E-state index in [1.165, 1.54) is 56.7 Å². The zero-order chi connectivity index (χ0) is 31.1. The van der Waals surface area contributed by atoms with E-state index in [0.717, 1.165) is 79.6 Å². The van der Waals surface area contributed by atoms with Crippen molar-refractivity contribution >= 4 is 22.8 Å². The summed E-state index contributed by atoms with van der Waals surface area (Å²) in [6.07, 6.45) is 16.8. The van der Waals surface area contributed by atoms with Gasteiger partial charge in [-0.05, 0) is 74.8 Å². The van der Waals surface area contributed by atoms with E-state index in [9.17, 15) is 10.2 Å². The molecule has 0 amide bonds. The Morgan fingerprint density at radius 3 is 1.55 bits per heavy atom. The zero-order valence-electron chi connectivity index (χ0n) is 27.6. The van der Waals surface area contributed by atoms with Crippen molar-refractivity contribution in [2.75, 3.05) is 0 Å². The predicted molar refractivity (Wildman–Crippen MR) is 183 cm³/mol. The molecule has 0 saturated carbocycles. The van der Waals surface area contributed by atoms with Crippen LogP contribution in [0.2, 0.25) is 0 Å². The molecule has 3 rings (SSSR count). The van der Waals surface area contributed by atoms with Gasteiger partial charge in [0.05, 0.1) is 22.8 Å². The van der Waals surface area contributed by atoms with E-state index in [1.807, 2.05) is 18.2 Å². The smallest absolute Gasteiger partial charge is 0.873 e. The van der Waals surface area contributed by atoms with Gasteiger partial charge in [0.25, 0.3) is 0 Å². The van der Waals surface area contributed by atoms with Crippen LogP contribution < -0.4 is 10.2 Å². The molecule has 0 heterocycles. The van der Waals surface area contributed by atoms with Gasteiger partial charge in [0.1, 0.15) is 0 Å². The Kier molecular flexibility index (Phi) is 21.7. The molecule has 0 atom stereocenters. The minimum Gasteiger partial charge on any atom is -0.873 e. The first-order chi connectivity index (χ1) is 21.0. The van der Waals surface area contributed by atoms with Crippen molar-refractivity contribution in [3.63, 3.8) is 0 Å². The van der Waals surface area contributed by atoms with Crippen molar-refractivity contribution in [3.8, 4) is 11.5 Å². The number of aryl methyl sites for hydroxylation is 1. The van der Waals surface area contributed by atoms with Crippen molar-refractivity contribution in [1.82, 2.24) is 0 Å². The van der Waals surface area contributed by atoms with Gasteiger partial charge in [0.2, 0.25) is 0 Å². The molecule has 44 heavy (non-hydrogen) atoms. The van der Waals surface area contributed by atoms with E-state index in [4.69, 9.17) is 9.98 Å². The molecule has 242 valence electrons. The molecule has 0 aliphatic heterocycles. The van der Waals surface area contributed by atoms with Gasteiger partial charge in [-0.25, -0.2) is 0 Å². The third-order valence-electron chi connectivity index (χ3n) is 7.53. The van der Waals surface area contributed by atoms with Gasteiger partial charge in [-0.1, -0.05) is 133 Å². The van der Waals surface area contributed by atoms with Crippen LogP contribution >= 0.6 is 0 Å². The van der Waals surface area contributed by atoms with E-state index in [-0.39, 0.29) is 28.0 Å². The molecule has 0 spiro atoms. The van der Waals surface area contributed by atoms with E-state index in [0.29, 0.717) is 0 Å². The van der Waals surface area contributed by atoms with Crippen molar-refractivity contribution in [2.45, 2.75) is 124 Å². The van der Waals surface area contributed by atoms with Crippen molar-refractivity contribution in [3.05, 3.63) is 83.9 Å². The number of aliphatic imine (C=N–C) groups is 2. The molecule has 0 radical (unpaired) electrons. The summed E-state index contributed by atoms with van der Waals surface area (Å²) in [4.78, 5) is 10.0. The number of benzene rings is 3. The summed E-state index contributed by atoms with van der Waals surface area (Å²) >= 11 is 0. The fourth-order valence-electron chi connectivity index (χ4n) is 5.04. The Morgan fingerprint density at radius 1 is 0.523 bits per heavy atom. The second kappa shape index (κ2) is 24.4. The predicted octanol–water partition coefficient (Wildman–Crippen LogP) is 10.6. The van der Waals surface area contributed by atoms with Gasteiger partial charge in [-0.2, -0.15) is 0 Å². The maximum atomic E-state index is 11.7. The van der Waals surface area contributed by atoms with Crippen molar-refractivity contribution in [2.24, 2.45) is 9.98 Å². The molecule has 3 aromatic carbocycles. The average molecular weight is 642 g/mol. The SMILES string of the molecule is CCCCCCCCC(=Nc1ccccc1)C(CCCC)=Nc1ccccc1.CCCCc1c(CCC)ccc([O-])c1[O-].[Ni+2]. The van der Waals surface area contributed by atoms with Crippen LogP contribution in [0.3, 0.4) is 0 Å². The standard InChI is InChI=1S/C26H36N2.C13H20O2.Ni/c1-3-5-7-8-9-16-22-26(28-24-19-14-11-15-20-24)25(21-6-4-2)27-23-17-12-10-13-18-23;1-3-5-7-11-10(6-4-2)8-9-12(14)13(11)15;/h10-15,17-20H,3-9,16,21-22H2,1-2H3;8-9,14-15H,3-7H2,1-2H3;/q;;+2/p-2. The molecule has 0 aliphatic carbocycles. The maximum Gasteiger partial charge on any atom is 2.00 e. The van der Waals surface area contributed by atoms with E-state index in [2.05, 4.69) is 76.2 Å². The topological polar surface area (TPSA) is 70.8 Å². The van der Waals surface area contributed by atoms with Gasteiger partial charge in [0, 0.05) is 0 Å². The van der Waals surface area contributed by atoms with Gasteiger partial charge in [-0.15, -0.1) is 11.5 Å². The molecule has 5 heteroatoms. The minimum absolute atomic E-state index is 0. The van der Waals surface area contributed by atoms with Crippen LogP contribution in [0.5, 0.6) is 11.5 Å². The normalized spacial score (nSPS) is 11.5. The first-order valence-electron chi connectivity index (χ1n) is 16.8. The molecule has 3 aromatic rings. The monoisotopic (exact) mass is 640 g/mol. The average Bonchev–Trinajstić information content (AvgIpc) is 3.03. The molecular formula is C39H54N2NiO2. The fourth-order valence-corrected chi connectivity index (χ4v) is 5.04. The van der Waals surface area contributed by atoms with Crippen LogP contribution in [0.25, 0.3) is 0 Å². The molecule has 0 bridgehead atoms. The summed E-state index contributed by atoms with van der Waals surface area (Å²) in [6, 6.07) is 23.9. The quantitative estimate of drug-likeness (QED) is 0.0788. The molecule has 0 aromatic heterocycles. The first-order valence-corrected chi connectivity index (χ1v) is 16.8. The summed E-state index contributed by atoms with van der Waals surface area (Å²) < 4.78 is 0. The summed E-state index contributed by atoms with van der Waals surface area (Å²) in [5, 5.41) is 22.9. The molecule has 0 N–H and O–H groups in total. The van der Waals surface area contributed by atoms with Crippen LogP contribution in [0.15, 0.2) is 82.8 Å². The van der Waals surface area contributed by atoms with Crippen LogP contribution in [0.1, 0.15) is 122 Å². The Labute approximate surface area is 278 Å². The van der Waals surface area contributed by atoms with Crippen LogP contribution in [-0.2, 0) is 29.3 Å². The van der Waals surface area contributed by atoms with E-state index >= 15 is 0 Å². The van der Waals surface area contributed by atoms with Crippen LogP contribution in [-0.4, -0.2) is 11.4 Å². The maximum absolute atomic E-state index is 11.7. The molecule has 4 nitrogen and oxygen atoms in total. The number of hydrogen-bond donors (Lipinski definition) is 0.